The molecule has 1 atom stereocenters. The molecule has 1 heterocycles. The summed E-state index contributed by atoms with van der Waals surface area (Å²) in [6.07, 6.45) is 21.7. The Balaban J connectivity index is 1.45. The first-order valence-electron chi connectivity index (χ1n) is 10.0. The molecule has 0 aromatic carbocycles. The van der Waals surface area contributed by atoms with Crippen molar-refractivity contribution in [3.8, 4) is 12.3 Å². The minimum Gasteiger partial charge on any atom is -0.349 e. The molecule has 3 fully saturated rings. The number of hydrogen-bond acceptors (Lipinski definition) is 4. The second-order valence-electron chi connectivity index (χ2n) is 8.07. The van der Waals surface area contributed by atoms with Crippen LogP contribution in [0.2, 0.25) is 0 Å². The Hall–Kier alpha value is -1.12. The first-order valence-corrected chi connectivity index (χ1v) is 10.0. The van der Waals surface area contributed by atoms with Crippen LogP contribution in [0.25, 0.3) is 0 Å². The quantitative estimate of drug-likeness (QED) is 0.560. The van der Waals surface area contributed by atoms with Crippen molar-refractivity contribution in [2.45, 2.75) is 75.5 Å². The first kappa shape index (κ1) is 18.3. The average molecular weight is 358 g/mol. The Labute approximate surface area is 156 Å². The van der Waals surface area contributed by atoms with Crippen LogP contribution in [0, 0.1) is 17.8 Å². The number of terminal acetylenes is 1. The van der Waals surface area contributed by atoms with Gasteiger partial charge in [0.05, 0.1) is 24.7 Å². The smallest absolute Gasteiger partial charge is 0.191 e. The predicted molar refractivity (Wildman–Crippen MR) is 99.3 cm³/mol. The highest BCUT2D eigenvalue weighted by Crippen LogP contribution is 2.50. The molecule has 3 aliphatic carbocycles. The van der Waals surface area contributed by atoms with Crippen LogP contribution in [0.1, 0.15) is 57.8 Å². The lowest BCUT2D eigenvalue weighted by atomic mass is 9.66. The van der Waals surface area contributed by atoms with Crippen molar-refractivity contribution < 1.29 is 18.9 Å². The maximum atomic E-state index is 6.32. The molecule has 4 aliphatic rings. The van der Waals surface area contributed by atoms with E-state index in [0.29, 0.717) is 25.7 Å². The second-order valence-corrected chi connectivity index (χ2v) is 8.07. The van der Waals surface area contributed by atoms with Crippen LogP contribution in [-0.4, -0.2) is 38.0 Å². The van der Waals surface area contributed by atoms with Gasteiger partial charge >= 0.3 is 0 Å². The summed E-state index contributed by atoms with van der Waals surface area (Å²) in [5, 5.41) is 0. The lowest BCUT2D eigenvalue weighted by Crippen LogP contribution is -2.41. The number of rotatable bonds is 4. The van der Waals surface area contributed by atoms with E-state index in [-0.39, 0.29) is 11.2 Å². The van der Waals surface area contributed by atoms with E-state index in [1.165, 1.54) is 18.4 Å². The van der Waals surface area contributed by atoms with Gasteiger partial charge in [-0.25, -0.2) is 0 Å². The van der Waals surface area contributed by atoms with E-state index < -0.39 is 5.79 Å². The molecule has 4 heteroatoms. The van der Waals surface area contributed by atoms with E-state index in [0.717, 1.165) is 38.5 Å². The molecule has 0 N–H and O–H groups in total. The zero-order chi connectivity index (χ0) is 18.1. The molecule has 26 heavy (non-hydrogen) atoms. The molecular formula is C22H30O4. The van der Waals surface area contributed by atoms with E-state index >= 15 is 0 Å². The average Bonchev–Trinajstić information content (AvgIpc) is 3.36. The fourth-order valence-corrected chi connectivity index (χ4v) is 4.89. The Morgan fingerprint density at radius 1 is 1.12 bits per heavy atom. The maximum absolute atomic E-state index is 6.32. The van der Waals surface area contributed by atoms with Gasteiger partial charge in [0.1, 0.15) is 0 Å². The highest BCUT2D eigenvalue weighted by atomic mass is 16.7. The van der Waals surface area contributed by atoms with Crippen LogP contribution in [0.15, 0.2) is 23.8 Å². The molecular weight excluding hydrogens is 328 g/mol. The summed E-state index contributed by atoms with van der Waals surface area (Å²) in [4.78, 5) is 0. The minimum atomic E-state index is -0.637. The molecule has 2 saturated carbocycles. The number of allylic oxidation sites excluding steroid dienone is 2. The van der Waals surface area contributed by atoms with Crippen molar-refractivity contribution >= 4 is 0 Å². The van der Waals surface area contributed by atoms with Gasteiger partial charge in [0.2, 0.25) is 0 Å². The molecule has 0 bridgehead atoms. The van der Waals surface area contributed by atoms with Crippen molar-refractivity contribution in [1.82, 2.24) is 0 Å². The van der Waals surface area contributed by atoms with Crippen molar-refractivity contribution in [3.05, 3.63) is 23.8 Å². The summed E-state index contributed by atoms with van der Waals surface area (Å²) in [5.74, 6) is 2.07. The molecule has 1 saturated heterocycles. The summed E-state index contributed by atoms with van der Waals surface area (Å²) in [6.45, 7) is 1.39. The summed E-state index contributed by atoms with van der Waals surface area (Å²) in [5.41, 5.74) is 0.986. The molecule has 142 valence electrons. The van der Waals surface area contributed by atoms with E-state index in [1.807, 2.05) is 0 Å². The third-order valence-corrected chi connectivity index (χ3v) is 6.64. The van der Waals surface area contributed by atoms with Gasteiger partial charge in [0, 0.05) is 26.4 Å². The monoisotopic (exact) mass is 358 g/mol. The van der Waals surface area contributed by atoms with E-state index in [9.17, 15) is 0 Å². The van der Waals surface area contributed by atoms with Gasteiger partial charge in [0.15, 0.2) is 11.6 Å². The zero-order valence-electron chi connectivity index (χ0n) is 15.8. The molecule has 1 aliphatic heterocycles. The van der Waals surface area contributed by atoms with Gasteiger partial charge in [-0.2, -0.15) is 0 Å². The molecule has 0 amide bonds. The summed E-state index contributed by atoms with van der Waals surface area (Å²) < 4.78 is 23.8. The number of ether oxygens (including phenoxy) is 4. The Bertz CT molecular complexity index is 607. The minimum absolute atomic E-state index is 0.232. The molecule has 0 aromatic rings. The molecule has 0 aromatic heterocycles. The largest absolute Gasteiger partial charge is 0.349 e. The highest BCUT2D eigenvalue weighted by molar-refractivity contribution is 5.39. The van der Waals surface area contributed by atoms with Crippen LogP contribution in [0.5, 0.6) is 0 Å². The maximum Gasteiger partial charge on any atom is 0.191 e. The molecule has 1 unspecified atom stereocenters. The summed E-state index contributed by atoms with van der Waals surface area (Å²) in [7, 11) is 1.73. The van der Waals surface area contributed by atoms with Gasteiger partial charge in [-0.1, -0.05) is 30.9 Å². The van der Waals surface area contributed by atoms with Gasteiger partial charge in [-0.05, 0) is 37.3 Å². The van der Waals surface area contributed by atoms with Gasteiger partial charge in [-0.15, -0.1) is 6.42 Å². The van der Waals surface area contributed by atoms with Crippen LogP contribution in [0.3, 0.4) is 0 Å². The molecule has 4 rings (SSSR count). The summed E-state index contributed by atoms with van der Waals surface area (Å²) in [6, 6.07) is 0. The fraction of sp³-hybridized carbons (Fsp3) is 0.727. The predicted octanol–water partition coefficient (Wildman–Crippen LogP) is 4.11. The van der Waals surface area contributed by atoms with E-state index in [2.05, 4.69) is 24.1 Å². The normalized spacial score (nSPS) is 33.3. The summed E-state index contributed by atoms with van der Waals surface area (Å²) >= 11 is 0. The van der Waals surface area contributed by atoms with E-state index in [4.69, 9.17) is 25.4 Å². The van der Waals surface area contributed by atoms with Crippen LogP contribution >= 0.6 is 0 Å². The van der Waals surface area contributed by atoms with Crippen molar-refractivity contribution in [2.24, 2.45) is 5.41 Å². The van der Waals surface area contributed by atoms with Gasteiger partial charge in [0.25, 0.3) is 0 Å². The third kappa shape index (κ3) is 3.27. The lowest BCUT2D eigenvalue weighted by Gasteiger charge is -2.43. The fourth-order valence-electron chi connectivity index (χ4n) is 4.89. The standard InChI is InChI=1S/C22H30O4/c1-3-20(12-14-22(15-13-20)24-16-17-25-22)18-8-10-21(23-2,11-9-18)26-19-6-4-5-7-19/h1,8-10,19H,4-7,11-17H2,2H3. The van der Waals surface area contributed by atoms with Crippen LogP contribution < -0.4 is 0 Å². The van der Waals surface area contributed by atoms with Crippen LogP contribution in [-0.2, 0) is 18.9 Å². The molecule has 4 nitrogen and oxygen atoms in total. The Morgan fingerprint density at radius 3 is 2.35 bits per heavy atom. The lowest BCUT2D eigenvalue weighted by molar-refractivity contribution is -0.212. The van der Waals surface area contributed by atoms with E-state index in [1.54, 1.807) is 7.11 Å². The molecule has 0 radical (unpaired) electrons. The third-order valence-electron chi connectivity index (χ3n) is 6.64. The first-order chi connectivity index (χ1) is 12.6. The number of methoxy groups -OCH3 is 1. The van der Waals surface area contributed by atoms with Gasteiger partial charge < -0.3 is 18.9 Å². The van der Waals surface area contributed by atoms with Gasteiger partial charge in [-0.3, -0.25) is 0 Å². The topological polar surface area (TPSA) is 36.9 Å². The Morgan fingerprint density at radius 2 is 1.81 bits per heavy atom. The van der Waals surface area contributed by atoms with Crippen molar-refractivity contribution in [2.75, 3.05) is 20.3 Å². The highest BCUT2D eigenvalue weighted by Gasteiger charge is 2.47. The van der Waals surface area contributed by atoms with Crippen LogP contribution in [0.4, 0.5) is 0 Å². The van der Waals surface area contributed by atoms with Crippen molar-refractivity contribution in [1.29, 1.82) is 0 Å². The zero-order valence-corrected chi connectivity index (χ0v) is 15.8. The Kier molecular flexibility index (Phi) is 5.00. The number of hydrogen-bond donors (Lipinski definition) is 0. The SMILES string of the molecule is C#CC1(C2=CCC(OC)(OC3CCCC3)C=C2)CCC2(CC1)OCCO2. The second kappa shape index (κ2) is 7.13. The molecule has 1 spiro atoms. The van der Waals surface area contributed by atoms with Crippen molar-refractivity contribution in [3.63, 3.8) is 0 Å².